The average molecular weight is 507 g/mol. The molecule has 9 heteroatoms. The number of piperidine rings is 1. The summed E-state index contributed by atoms with van der Waals surface area (Å²) in [7, 11) is 0. The topological polar surface area (TPSA) is 29.5 Å². The molecule has 2 aliphatic rings. The molecule has 0 N–H and O–H groups in total. The van der Waals surface area contributed by atoms with Gasteiger partial charge in [-0.1, -0.05) is 0 Å². The summed E-state index contributed by atoms with van der Waals surface area (Å²) in [6.07, 6.45) is -1.27. The molecule has 0 radical (unpaired) electrons. The number of hydrogen-bond acceptors (Lipinski definition) is 3. The Labute approximate surface area is 164 Å². The van der Waals surface area contributed by atoms with Gasteiger partial charge in [-0.2, -0.15) is 0 Å². The molecular weight excluding hydrogens is 489 g/mol. The summed E-state index contributed by atoms with van der Waals surface area (Å²) in [5.74, 6) is -0.896. The number of carbonyl (C=O) groups is 1. The molecule has 0 spiro atoms. The fourth-order valence-corrected chi connectivity index (χ4v) is 6.63. The first-order chi connectivity index (χ1) is 12.1. The molecule has 26 heavy (non-hydrogen) atoms. The Bertz CT molecular complexity index is 686. The van der Waals surface area contributed by atoms with Gasteiger partial charge < -0.3 is 0 Å². The molecule has 3 nitrogen and oxygen atoms in total. The Balaban J connectivity index is 1.61. The SMILES string of the molecule is CC(=O)c1cc(Cl)c(O[I-]C2C[C@H]3CC[C@@H](C2)N3CC(F)(F)F)cc1F. The molecule has 1 aromatic rings. The second-order valence-corrected chi connectivity index (χ2v) is 9.84. The van der Waals surface area contributed by atoms with Crippen LogP contribution in [0.2, 0.25) is 5.02 Å². The van der Waals surface area contributed by atoms with E-state index in [1.165, 1.54) is 13.0 Å². The van der Waals surface area contributed by atoms with Crippen molar-refractivity contribution < 1.29 is 47.0 Å². The van der Waals surface area contributed by atoms with Crippen LogP contribution >= 0.6 is 11.6 Å². The number of rotatable bonds is 5. The van der Waals surface area contributed by atoms with E-state index in [9.17, 15) is 22.4 Å². The first-order valence-electron chi connectivity index (χ1n) is 8.27. The molecule has 1 unspecified atom stereocenters. The van der Waals surface area contributed by atoms with Gasteiger partial charge in [0.05, 0.1) is 0 Å². The fourth-order valence-electron chi connectivity index (χ4n) is 3.71. The van der Waals surface area contributed by atoms with Crippen molar-refractivity contribution in [3.8, 4) is 5.75 Å². The molecule has 2 fully saturated rings. The molecule has 0 saturated carbocycles. The Morgan fingerprint density at radius 1 is 1.31 bits per heavy atom. The van der Waals surface area contributed by atoms with Crippen LogP contribution in [0.25, 0.3) is 0 Å². The summed E-state index contributed by atoms with van der Waals surface area (Å²) in [6.45, 7) is 0.407. The van der Waals surface area contributed by atoms with E-state index in [0.29, 0.717) is 12.8 Å². The van der Waals surface area contributed by atoms with E-state index in [4.69, 9.17) is 14.7 Å². The number of halogens is 6. The molecule has 2 aliphatic heterocycles. The second kappa shape index (κ2) is 7.79. The molecule has 3 atom stereocenters. The fraction of sp³-hybridized carbons (Fsp3) is 0.588. The van der Waals surface area contributed by atoms with Crippen molar-refractivity contribution in [1.82, 2.24) is 4.90 Å². The van der Waals surface area contributed by atoms with Gasteiger partial charge in [-0.25, -0.2) is 0 Å². The van der Waals surface area contributed by atoms with E-state index >= 15 is 0 Å². The predicted octanol–water partition coefficient (Wildman–Crippen LogP) is 1.62. The van der Waals surface area contributed by atoms with Gasteiger partial charge in [0.15, 0.2) is 0 Å². The molecule has 2 saturated heterocycles. The predicted molar refractivity (Wildman–Crippen MR) is 84.6 cm³/mol. The van der Waals surface area contributed by atoms with Crippen LogP contribution in [0, 0.1) is 5.82 Å². The van der Waals surface area contributed by atoms with Crippen molar-refractivity contribution in [2.75, 3.05) is 6.54 Å². The van der Waals surface area contributed by atoms with E-state index < -0.39 is 45.9 Å². The first-order valence-corrected chi connectivity index (χ1v) is 10.8. The summed E-state index contributed by atoms with van der Waals surface area (Å²) in [5.41, 5.74) is -0.0842. The van der Waals surface area contributed by atoms with Crippen molar-refractivity contribution in [3.63, 3.8) is 0 Å². The second-order valence-electron chi connectivity index (χ2n) is 6.73. The van der Waals surface area contributed by atoms with Gasteiger partial charge in [0.2, 0.25) is 0 Å². The Morgan fingerprint density at radius 2 is 1.92 bits per heavy atom. The molecule has 2 heterocycles. The summed E-state index contributed by atoms with van der Waals surface area (Å²) in [4.78, 5) is 12.9. The molecule has 3 rings (SSSR count). The van der Waals surface area contributed by atoms with Crippen LogP contribution in [0.5, 0.6) is 5.75 Å². The number of hydrogen-bond donors (Lipinski definition) is 0. The van der Waals surface area contributed by atoms with Crippen molar-refractivity contribution in [1.29, 1.82) is 0 Å². The summed E-state index contributed by atoms with van der Waals surface area (Å²) in [5, 5.41) is 0.175. The van der Waals surface area contributed by atoms with E-state index in [0.717, 1.165) is 18.9 Å². The Kier molecular flexibility index (Phi) is 6.03. The Hall–Kier alpha value is -0.610. The number of nitrogens with zero attached hydrogens (tertiary/aromatic N) is 1. The van der Waals surface area contributed by atoms with E-state index in [-0.39, 0.29) is 32.3 Å². The van der Waals surface area contributed by atoms with Crippen molar-refractivity contribution in [3.05, 3.63) is 28.5 Å². The van der Waals surface area contributed by atoms with Crippen molar-refractivity contribution >= 4 is 17.4 Å². The monoisotopic (exact) mass is 506 g/mol. The molecule has 2 bridgehead atoms. The van der Waals surface area contributed by atoms with Crippen LogP contribution in [0.15, 0.2) is 12.1 Å². The number of carbonyl (C=O) groups excluding carboxylic acids is 1. The third kappa shape index (κ3) is 4.62. The standard InChI is InChI=1S/C17H18ClF4INO2/c1-9(25)13-6-14(18)16(7-15(13)19)26-23-10-4-11-2-3-12(5-10)24(11)8-17(20,21)22/h6-7,10-12H,2-5,8H2,1H3/q-1/t10?,11-,12+. The average Bonchev–Trinajstić information content (AvgIpc) is 2.76. The number of benzene rings is 1. The van der Waals surface area contributed by atoms with Crippen LogP contribution in [0.1, 0.15) is 43.0 Å². The van der Waals surface area contributed by atoms with Gasteiger partial charge in [-0.3, -0.25) is 0 Å². The van der Waals surface area contributed by atoms with Crippen molar-refractivity contribution in [2.45, 2.75) is 54.8 Å². The molecule has 0 aromatic heterocycles. The van der Waals surface area contributed by atoms with Gasteiger partial charge in [0, 0.05) is 0 Å². The zero-order valence-electron chi connectivity index (χ0n) is 14.0. The first kappa shape index (κ1) is 20.1. The zero-order chi connectivity index (χ0) is 19.1. The molecule has 1 aromatic carbocycles. The van der Waals surface area contributed by atoms with Gasteiger partial charge in [-0.05, 0) is 0 Å². The summed E-state index contributed by atoms with van der Waals surface area (Å²) in [6, 6.07) is 2.26. The zero-order valence-corrected chi connectivity index (χ0v) is 16.9. The Morgan fingerprint density at radius 3 is 2.46 bits per heavy atom. The minimum atomic E-state index is -4.18. The number of Topliss-reactive ketones (excluding diaryl/α,β-unsaturated/α-hetero) is 1. The maximum absolute atomic E-state index is 13.9. The molecule has 146 valence electrons. The third-order valence-electron chi connectivity index (χ3n) is 4.84. The number of alkyl halides is 4. The number of fused-ring (bicyclic) bond motifs is 2. The molecular formula is C17H18ClF4INO2-. The van der Waals surface area contributed by atoms with Gasteiger partial charge in [0.1, 0.15) is 0 Å². The van der Waals surface area contributed by atoms with E-state index in [1.807, 2.05) is 0 Å². The van der Waals surface area contributed by atoms with E-state index in [1.54, 1.807) is 4.90 Å². The van der Waals surface area contributed by atoms with Crippen LogP contribution in [-0.4, -0.2) is 39.4 Å². The summed E-state index contributed by atoms with van der Waals surface area (Å²) < 4.78 is 58.0. The molecule has 0 aliphatic carbocycles. The minimum absolute atomic E-state index is 0.0593. The number of ketones is 1. The van der Waals surface area contributed by atoms with E-state index in [2.05, 4.69) is 0 Å². The van der Waals surface area contributed by atoms with Crippen LogP contribution in [0.4, 0.5) is 17.6 Å². The van der Waals surface area contributed by atoms with Crippen molar-refractivity contribution in [2.24, 2.45) is 0 Å². The quantitative estimate of drug-likeness (QED) is 0.263. The maximum atomic E-state index is 13.9. The molecule has 0 amide bonds. The van der Waals surface area contributed by atoms with Crippen LogP contribution < -0.4 is 24.7 Å². The van der Waals surface area contributed by atoms with Gasteiger partial charge in [0.25, 0.3) is 0 Å². The summed E-state index contributed by atoms with van der Waals surface area (Å²) >= 11 is 5.23. The third-order valence-corrected chi connectivity index (χ3v) is 7.60. The normalized spacial score (nSPS) is 26.3. The van der Waals surface area contributed by atoms with Gasteiger partial charge >= 0.3 is 165 Å². The van der Waals surface area contributed by atoms with Crippen LogP contribution in [-0.2, 0) is 0 Å². The van der Waals surface area contributed by atoms with Gasteiger partial charge in [-0.15, -0.1) is 0 Å². The van der Waals surface area contributed by atoms with Crippen LogP contribution in [0.3, 0.4) is 0 Å².